The lowest BCUT2D eigenvalue weighted by Crippen LogP contribution is -2.45. The van der Waals surface area contributed by atoms with Gasteiger partial charge in [0.15, 0.2) is 9.84 Å². The van der Waals surface area contributed by atoms with Crippen LogP contribution >= 0.6 is 0 Å². The number of carbonyl (C=O) groups is 1. The summed E-state index contributed by atoms with van der Waals surface area (Å²) in [6.07, 6.45) is 2.98. The molecule has 7 heteroatoms. The number of para-hydroxylation sites is 1. The highest BCUT2D eigenvalue weighted by Crippen LogP contribution is 2.18. The van der Waals surface area contributed by atoms with Crippen molar-refractivity contribution in [3.05, 3.63) is 65.7 Å². The Bertz CT molecular complexity index is 892. The first-order valence-electron chi connectivity index (χ1n) is 9.48. The monoisotopic (exact) mass is 401 g/mol. The number of hydrogen-bond donors (Lipinski definition) is 2. The molecule has 0 bridgehead atoms. The Hall–Kier alpha value is -2.38. The molecule has 2 N–H and O–H groups in total. The highest BCUT2D eigenvalue weighted by molar-refractivity contribution is 7.89. The summed E-state index contributed by atoms with van der Waals surface area (Å²) in [5.41, 5.74) is 2.43. The van der Waals surface area contributed by atoms with Gasteiger partial charge in [-0.15, -0.1) is 0 Å². The minimum Gasteiger partial charge on any atom is -0.335 e. The van der Waals surface area contributed by atoms with Crippen LogP contribution in [0.5, 0.6) is 0 Å². The summed E-state index contributed by atoms with van der Waals surface area (Å²) in [5, 5.41) is 5.82. The first-order valence-corrected chi connectivity index (χ1v) is 11.5. The van der Waals surface area contributed by atoms with Crippen LogP contribution in [0.25, 0.3) is 0 Å². The van der Waals surface area contributed by atoms with Gasteiger partial charge in [0.2, 0.25) is 0 Å². The van der Waals surface area contributed by atoms with E-state index in [1.165, 1.54) is 11.8 Å². The Balaban J connectivity index is 1.49. The molecule has 0 unspecified atom stereocenters. The quantitative estimate of drug-likeness (QED) is 0.780. The lowest BCUT2D eigenvalue weighted by molar-refractivity contribution is 0.190. The first kappa shape index (κ1) is 20.4. The van der Waals surface area contributed by atoms with E-state index < -0.39 is 9.84 Å². The van der Waals surface area contributed by atoms with E-state index in [2.05, 4.69) is 39.8 Å². The van der Waals surface area contributed by atoms with Gasteiger partial charge in [-0.1, -0.05) is 48.5 Å². The first-order chi connectivity index (χ1) is 13.4. The van der Waals surface area contributed by atoms with Crippen LogP contribution in [0.3, 0.4) is 0 Å². The van der Waals surface area contributed by atoms with Crippen molar-refractivity contribution in [1.29, 1.82) is 0 Å². The van der Waals surface area contributed by atoms with Gasteiger partial charge in [0.05, 0.1) is 5.75 Å². The fraction of sp³-hybridized carbons (Fsp3) is 0.381. The van der Waals surface area contributed by atoms with E-state index in [0.29, 0.717) is 11.3 Å². The average molecular weight is 402 g/mol. The van der Waals surface area contributed by atoms with Gasteiger partial charge in [-0.3, -0.25) is 4.90 Å². The molecule has 0 aliphatic carbocycles. The number of likely N-dealkylation sites (tertiary alicyclic amines) is 1. The van der Waals surface area contributed by atoms with Gasteiger partial charge < -0.3 is 10.6 Å². The number of amides is 2. The Morgan fingerprint density at radius 1 is 1.04 bits per heavy atom. The normalized spacial score (nSPS) is 15.9. The Kier molecular flexibility index (Phi) is 6.70. The number of nitrogens with zero attached hydrogens (tertiary/aromatic N) is 1. The van der Waals surface area contributed by atoms with Crippen LogP contribution in [0.1, 0.15) is 24.0 Å². The molecule has 0 saturated carbocycles. The zero-order chi connectivity index (χ0) is 20.0. The lowest BCUT2D eigenvalue weighted by Gasteiger charge is -2.32. The number of nitrogens with one attached hydrogen (secondary N) is 2. The van der Waals surface area contributed by atoms with Gasteiger partial charge in [-0.2, -0.15) is 0 Å². The second-order valence-electron chi connectivity index (χ2n) is 7.36. The SMILES string of the molecule is CS(=O)(=O)Cc1ccccc1NC(=O)NC1CCN(Cc2ccccc2)CC1. The van der Waals surface area contributed by atoms with Crippen LogP contribution in [0.15, 0.2) is 54.6 Å². The maximum atomic E-state index is 12.4. The van der Waals surface area contributed by atoms with Crippen LogP contribution < -0.4 is 10.6 Å². The molecule has 0 atom stereocenters. The Morgan fingerprint density at radius 3 is 2.36 bits per heavy atom. The van der Waals surface area contributed by atoms with Gasteiger partial charge in [-0.25, -0.2) is 13.2 Å². The third-order valence-electron chi connectivity index (χ3n) is 4.86. The molecule has 2 aromatic rings. The number of benzene rings is 2. The molecule has 150 valence electrons. The van der Waals surface area contributed by atoms with E-state index in [1.807, 2.05) is 6.07 Å². The number of hydrogen-bond acceptors (Lipinski definition) is 4. The highest BCUT2D eigenvalue weighted by Gasteiger charge is 2.21. The average Bonchev–Trinajstić information content (AvgIpc) is 2.65. The second kappa shape index (κ2) is 9.21. The molecular formula is C21H27N3O3S. The van der Waals surface area contributed by atoms with Crippen molar-refractivity contribution in [2.45, 2.75) is 31.2 Å². The summed E-state index contributed by atoms with van der Waals surface area (Å²) >= 11 is 0. The lowest BCUT2D eigenvalue weighted by atomic mass is 10.0. The summed E-state index contributed by atoms with van der Waals surface area (Å²) in [4.78, 5) is 14.8. The fourth-order valence-corrected chi connectivity index (χ4v) is 4.29. The van der Waals surface area contributed by atoms with Gasteiger partial charge in [-0.05, 0) is 30.0 Å². The highest BCUT2D eigenvalue weighted by atomic mass is 32.2. The molecular weight excluding hydrogens is 374 g/mol. The van der Waals surface area contributed by atoms with E-state index >= 15 is 0 Å². The third kappa shape index (κ3) is 6.35. The summed E-state index contributed by atoms with van der Waals surface area (Å²) in [6, 6.07) is 17.2. The topological polar surface area (TPSA) is 78.5 Å². The van der Waals surface area contributed by atoms with Gasteiger partial charge in [0.25, 0.3) is 0 Å². The van der Waals surface area contributed by atoms with Crippen molar-refractivity contribution in [2.24, 2.45) is 0 Å². The van der Waals surface area contributed by atoms with Crippen LogP contribution in [0.2, 0.25) is 0 Å². The molecule has 1 heterocycles. The number of anilines is 1. The maximum absolute atomic E-state index is 12.4. The van der Waals surface area contributed by atoms with Crippen LogP contribution in [0.4, 0.5) is 10.5 Å². The number of sulfone groups is 1. The van der Waals surface area contributed by atoms with Crippen molar-refractivity contribution in [1.82, 2.24) is 10.2 Å². The van der Waals surface area contributed by atoms with Gasteiger partial charge in [0.1, 0.15) is 0 Å². The van der Waals surface area contributed by atoms with Gasteiger partial charge in [0, 0.05) is 37.6 Å². The summed E-state index contributed by atoms with van der Waals surface area (Å²) < 4.78 is 23.2. The van der Waals surface area contributed by atoms with Gasteiger partial charge >= 0.3 is 6.03 Å². The van der Waals surface area contributed by atoms with Crippen molar-refractivity contribution >= 4 is 21.6 Å². The molecule has 1 fully saturated rings. The predicted molar refractivity (Wildman–Crippen MR) is 112 cm³/mol. The van der Waals surface area contributed by atoms with E-state index in [0.717, 1.165) is 32.5 Å². The molecule has 1 aliphatic heterocycles. The fourth-order valence-electron chi connectivity index (χ4n) is 3.47. The zero-order valence-corrected chi connectivity index (χ0v) is 16.9. The zero-order valence-electron chi connectivity index (χ0n) is 16.1. The van der Waals surface area contributed by atoms with E-state index in [4.69, 9.17) is 0 Å². The third-order valence-corrected chi connectivity index (χ3v) is 5.69. The Morgan fingerprint density at radius 2 is 1.68 bits per heavy atom. The minimum absolute atomic E-state index is 0.0959. The number of urea groups is 1. The van der Waals surface area contributed by atoms with E-state index in [-0.39, 0.29) is 17.8 Å². The molecule has 0 spiro atoms. The second-order valence-corrected chi connectivity index (χ2v) is 9.50. The molecule has 2 amide bonds. The number of carbonyl (C=O) groups excluding carboxylic acids is 1. The molecule has 0 aromatic heterocycles. The number of piperidine rings is 1. The van der Waals surface area contributed by atoms with Crippen molar-refractivity contribution in [3.8, 4) is 0 Å². The molecule has 28 heavy (non-hydrogen) atoms. The van der Waals surface area contributed by atoms with Crippen LogP contribution in [0, 0.1) is 0 Å². The molecule has 1 saturated heterocycles. The van der Waals surface area contributed by atoms with Crippen molar-refractivity contribution < 1.29 is 13.2 Å². The summed E-state index contributed by atoms with van der Waals surface area (Å²) in [7, 11) is -3.17. The van der Waals surface area contributed by atoms with Crippen molar-refractivity contribution in [2.75, 3.05) is 24.7 Å². The van der Waals surface area contributed by atoms with E-state index in [9.17, 15) is 13.2 Å². The predicted octanol–water partition coefficient (Wildman–Crippen LogP) is 3.02. The summed E-state index contributed by atoms with van der Waals surface area (Å²) in [6.45, 7) is 2.80. The molecule has 2 aromatic carbocycles. The standard InChI is InChI=1S/C21H27N3O3S/c1-28(26,27)16-18-9-5-6-10-20(18)23-21(25)22-19-11-13-24(14-12-19)15-17-7-3-2-4-8-17/h2-10,19H,11-16H2,1H3,(H2,22,23,25). The minimum atomic E-state index is -3.17. The van der Waals surface area contributed by atoms with Crippen molar-refractivity contribution in [3.63, 3.8) is 0 Å². The molecule has 1 aliphatic rings. The molecule has 6 nitrogen and oxygen atoms in total. The van der Waals surface area contributed by atoms with Crippen LogP contribution in [-0.2, 0) is 22.1 Å². The smallest absolute Gasteiger partial charge is 0.319 e. The number of rotatable bonds is 6. The molecule has 0 radical (unpaired) electrons. The Labute approximate surface area is 166 Å². The maximum Gasteiger partial charge on any atom is 0.319 e. The van der Waals surface area contributed by atoms with E-state index in [1.54, 1.807) is 24.3 Å². The van der Waals surface area contributed by atoms with Crippen LogP contribution in [-0.4, -0.2) is 44.7 Å². The summed E-state index contributed by atoms with van der Waals surface area (Å²) in [5.74, 6) is -0.0959. The molecule has 3 rings (SSSR count). The largest absolute Gasteiger partial charge is 0.335 e.